The third-order valence-corrected chi connectivity index (χ3v) is 2.49. The topological polar surface area (TPSA) is 78.0 Å². The molecule has 0 fully saturated rings. The molecule has 2 aromatic rings. The number of nitrogens with zero attached hydrogens (tertiary/aromatic N) is 1. The fourth-order valence-corrected chi connectivity index (χ4v) is 1.49. The van der Waals surface area contributed by atoms with Crippen LogP contribution in [0, 0.1) is 0 Å². The molecule has 0 spiro atoms. The summed E-state index contributed by atoms with van der Waals surface area (Å²) in [7, 11) is 0. The number of aliphatic hydroxyl groups is 1. The third-order valence-electron chi connectivity index (χ3n) is 2.49. The minimum Gasteiger partial charge on any atom is -0.381 e. The van der Waals surface area contributed by atoms with Gasteiger partial charge in [0, 0.05) is 6.54 Å². The second kappa shape index (κ2) is 4.18. The van der Waals surface area contributed by atoms with Crippen molar-refractivity contribution < 1.29 is 9.90 Å². The van der Waals surface area contributed by atoms with Gasteiger partial charge >= 0.3 is 0 Å². The Bertz CT molecular complexity index is 540. The zero-order valence-corrected chi connectivity index (χ0v) is 9.82. The van der Waals surface area contributed by atoms with Crippen LogP contribution in [0.2, 0.25) is 0 Å². The SMILES string of the molecule is CC(C)(O)C(=O)NCc1ccc2nc[nH]c2c1. The van der Waals surface area contributed by atoms with E-state index in [1.165, 1.54) is 13.8 Å². The van der Waals surface area contributed by atoms with Crippen LogP contribution in [0.3, 0.4) is 0 Å². The highest BCUT2D eigenvalue weighted by molar-refractivity contribution is 5.84. The highest BCUT2D eigenvalue weighted by Crippen LogP contribution is 2.11. The Morgan fingerprint density at radius 3 is 3.00 bits per heavy atom. The molecule has 0 aliphatic carbocycles. The molecule has 0 aliphatic heterocycles. The fourth-order valence-electron chi connectivity index (χ4n) is 1.49. The molecule has 1 aromatic heterocycles. The van der Waals surface area contributed by atoms with Crippen LogP contribution in [0.1, 0.15) is 19.4 Å². The van der Waals surface area contributed by atoms with Gasteiger partial charge in [0.1, 0.15) is 5.60 Å². The summed E-state index contributed by atoms with van der Waals surface area (Å²) in [6.45, 7) is 3.30. The quantitative estimate of drug-likeness (QED) is 0.738. The molecule has 1 amide bonds. The number of amides is 1. The van der Waals surface area contributed by atoms with Crippen molar-refractivity contribution >= 4 is 16.9 Å². The summed E-state index contributed by atoms with van der Waals surface area (Å²) >= 11 is 0. The Hall–Kier alpha value is -1.88. The number of carbonyl (C=O) groups excluding carboxylic acids is 1. The van der Waals surface area contributed by atoms with E-state index in [0.717, 1.165) is 16.6 Å². The van der Waals surface area contributed by atoms with Crippen molar-refractivity contribution in [3.8, 4) is 0 Å². The Morgan fingerprint density at radius 1 is 1.53 bits per heavy atom. The van der Waals surface area contributed by atoms with Gasteiger partial charge in [-0.1, -0.05) is 6.07 Å². The first-order valence-electron chi connectivity index (χ1n) is 5.39. The zero-order chi connectivity index (χ0) is 12.5. The molecule has 0 saturated carbocycles. The number of carbonyl (C=O) groups is 1. The summed E-state index contributed by atoms with van der Waals surface area (Å²) in [5.41, 5.74) is 1.43. The molecule has 0 aliphatic rings. The molecule has 0 bridgehead atoms. The molecular formula is C12H15N3O2. The lowest BCUT2D eigenvalue weighted by molar-refractivity contribution is -0.136. The monoisotopic (exact) mass is 233 g/mol. The van der Waals surface area contributed by atoms with Gasteiger partial charge in [0.2, 0.25) is 0 Å². The molecule has 0 saturated heterocycles. The second-order valence-electron chi connectivity index (χ2n) is 4.50. The van der Waals surface area contributed by atoms with Crippen LogP contribution in [0.5, 0.6) is 0 Å². The van der Waals surface area contributed by atoms with Crippen molar-refractivity contribution in [2.75, 3.05) is 0 Å². The normalized spacial score (nSPS) is 11.7. The van der Waals surface area contributed by atoms with Gasteiger partial charge in [-0.3, -0.25) is 4.79 Å². The van der Waals surface area contributed by atoms with Crippen molar-refractivity contribution in [1.82, 2.24) is 15.3 Å². The van der Waals surface area contributed by atoms with Crippen molar-refractivity contribution in [2.45, 2.75) is 26.0 Å². The Morgan fingerprint density at radius 2 is 2.29 bits per heavy atom. The van der Waals surface area contributed by atoms with Gasteiger partial charge in [-0.2, -0.15) is 0 Å². The van der Waals surface area contributed by atoms with E-state index in [9.17, 15) is 9.90 Å². The van der Waals surface area contributed by atoms with E-state index in [-0.39, 0.29) is 5.91 Å². The molecule has 0 atom stereocenters. The molecule has 5 nitrogen and oxygen atoms in total. The summed E-state index contributed by atoms with van der Waals surface area (Å²) in [4.78, 5) is 18.6. The van der Waals surface area contributed by atoms with Gasteiger partial charge in [-0.05, 0) is 31.5 Å². The van der Waals surface area contributed by atoms with Crippen molar-refractivity contribution in [3.63, 3.8) is 0 Å². The Balaban J connectivity index is 2.06. The summed E-state index contributed by atoms with van der Waals surface area (Å²) in [6, 6.07) is 5.71. The van der Waals surface area contributed by atoms with Crippen LogP contribution in [-0.2, 0) is 11.3 Å². The number of aromatic nitrogens is 2. The van der Waals surface area contributed by atoms with E-state index in [1.807, 2.05) is 18.2 Å². The molecule has 90 valence electrons. The number of imidazole rings is 1. The summed E-state index contributed by atoms with van der Waals surface area (Å²) in [6.07, 6.45) is 1.63. The largest absolute Gasteiger partial charge is 0.381 e. The van der Waals surface area contributed by atoms with Crippen LogP contribution in [0.15, 0.2) is 24.5 Å². The minimum atomic E-state index is -1.35. The van der Waals surface area contributed by atoms with E-state index >= 15 is 0 Å². The summed E-state index contributed by atoms with van der Waals surface area (Å²) < 4.78 is 0. The number of fused-ring (bicyclic) bond motifs is 1. The number of benzene rings is 1. The number of H-pyrrole nitrogens is 1. The van der Waals surface area contributed by atoms with Crippen LogP contribution < -0.4 is 5.32 Å². The maximum Gasteiger partial charge on any atom is 0.251 e. The van der Waals surface area contributed by atoms with Gasteiger partial charge in [0.15, 0.2) is 0 Å². The van der Waals surface area contributed by atoms with Gasteiger partial charge in [-0.15, -0.1) is 0 Å². The first-order chi connectivity index (χ1) is 7.97. The molecule has 0 radical (unpaired) electrons. The number of rotatable bonds is 3. The van der Waals surface area contributed by atoms with E-state index in [1.54, 1.807) is 6.33 Å². The Labute approximate surface area is 98.9 Å². The predicted molar refractivity (Wildman–Crippen MR) is 64.2 cm³/mol. The first-order valence-corrected chi connectivity index (χ1v) is 5.39. The average molecular weight is 233 g/mol. The standard InChI is InChI=1S/C12H15N3O2/c1-12(2,17)11(16)13-6-8-3-4-9-10(5-8)15-7-14-9/h3-5,7,17H,6H2,1-2H3,(H,13,16)(H,14,15). The lowest BCUT2D eigenvalue weighted by atomic mass is 10.1. The lowest BCUT2D eigenvalue weighted by Gasteiger charge is -2.16. The number of hydrogen-bond acceptors (Lipinski definition) is 3. The number of aromatic amines is 1. The highest BCUT2D eigenvalue weighted by Gasteiger charge is 2.22. The maximum absolute atomic E-state index is 11.5. The molecule has 2 rings (SSSR count). The summed E-state index contributed by atoms with van der Waals surface area (Å²) in [5.74, 6) is -0.387. The van der Waals surface area contributed by atoms with E-state index in [4.69, 9.17) is 0 Å². The molecular weight excluding hydrogens is 218 g/mol. The fraction of sp³-hybridized carbons (Fsp3) is 0.333. The van der Waals surface area contributed by atoms with Crippen LogP contribution in [0.4, 0.5) is 0 Å². The second-order valence-corrected chi connectivity index (χ2v) is 4.50. The predicted octanol–water partition coefficient (Wildman–Crippen LogP) is 0.950. The van der Waals surface area contributed by atoms with Crippen LogP contribution in [-0.4, -0.2) is 26.6 Å². The van der Waals surface area contributed by atoms with Crippen molar-refractivity contribution in [2.24, 2.45) is 0 Å². The zero-order valence-electron chi connectivity index (χ0n) is 9.82. The molecule has 1 heterocycles. The van der Waals surface area contributed by atoms with Crippen molar-refractivity contribution in [1.29, 1.82) is 0 Å². The lowest BCUT2D eigenvalue weighted by Crippen LogP contribution is -2.41. The molecule has 3 N–H and O–H groups in total. The van der Waals surface area contributed by atoms with Crippen LogP contribution >= 0.6 is 0 Å². The molecule has 5 heteroatoms. The smallest absolute Gasteiger partial charge is 0.251 e. The minimum absolute atomic E-state index is 0.387. The molecule has 1 aromatic carbocycles. The molecule has 17 heavy (non-hydrogen) atoms. The van der Waals surface area contributed by atoms with E-state index in [0.29, 0.717) is 6.54 Å². The number of hydrogen-bond donors (Lipinski definition) is 3. The van der Waals surface area contributed by atoms with Crippen molar-refractivity contribution in [3.05, 3.63) is 30.1 Å². The highest BCUT2D eigenvalue weighted by atomic mass is 16.3. The first kappa shape index (κ1) is 11.6. The summed E-state index contributed by atoms with van der Waals surface area (Å²) in [5, 5.41) is 12.1. The number of nitrogens with one attached hydrogen (secondary N) is 2. The average Bonchev–Trinajstić information content (AvgIpc) is 2.71. The van der Waals surface area contributed by atoms with Gasteiger partial charge in [0.25, 0.3) is 5.91 Å². The van der Waals surface area contributed by atoms with Gasteiger partial charge in [-0.25, -0.2) is 4.98 Å². The van der Waals surface area contributed by atoms with Gasteiger partial charge in [0.05, 0.1) is 17.4 Å². The van der Waals surface area contributed by atoms with E-state index < -0.39 is 5.60 Å². The third kappa shape index (κ3) is 2.62. The van der Waals surface area contributed by atoms with Crippen LogP contribution in [0.25, 0.3) is 11.0 Å². The van der Waals surface area contributed by atoms with Gasteiger partial charge < -0.3 is 15.4 Å². The molecule has 0 unspecified atom stereocenters. The van der Waals surface area contributed by atoms with E-state index in [2.05, 4.69) is 15.3 Å². The maximum atomic E-state index is 11.5. The Kier molecular flexibility index (Phi) is 2.85.